The lowest BCUT2D eigenvalue weighted by atomic mass is 9.57. The van der Waals surface area contributed by atoms with Gasteiger partial charge >= 0.3 is 0 Å². The third kappa shape index (κ3) is 3.48. The Morgan fingerprint density at radius 1 is 1.27 bits per heavy atom. The van der Waals surface area contributed by atoms with Crippen LogP contribution in [0.2, 0.25) is 0 Å². The average Bonchev–Trinajstić information content (AvgIpc) is 3.06. The topological polar surface area (TPSA) is 85.2 Å². The van der Waals surface area contributed by atoms with E-state index < -0.39 is 12.2 Å². The number of carbonyl (C=O) groups excluding carboxylic acids is 2. The predicted molar refractivity (Wildman–Crippen MR) is 94.7 cm³/mol. The Balaban J connectivity index is 1.53. The van der Waals surface area contributed by atoms with E-state index in [-0.39, 0.29) is 42.3 Å². The van der Waals surface area contributed by atoms with Crippen molar-refractivity contribution in [1.82, 2.24) is 15.5 Å². The van der Waals surface area contributed by atoms with Crippen molar-refractivity contribution in [2.45, 2.75) is 62.7 Å². The van der Waals surface area contributed by atoms with Gasteiger partial charge in [-0.15, -0.1) is 6.58 Å². The van der Waals surface area contributed by atoms with Crippen molar-refractivity contribution >= 4 is 11.8 Å². The van der Waals surface area contributed by atoms with Gasteiger partial charge < -0.3 is 15.5 Å². The van der Waals surface area contributed by atoms with Crippen LogP contribution < -0.4 is 10.6 Å². The minimum atomic E-state index is -1.11. The van der Waals surface area contributed by atoms with Crippen LogP contribution in [-0.2, 0) is 9.59 Å². The largest absolute Gasteiger partial charge is 0.352 e. The molecule has 4 fully saturated rings. The van der Waals surface area contributed by atoms with Gasteiger partial charge in [-0.2, -0.15) is 5.26 Å². The fraction of sp³-hybridized carbons (Fsp3) is 0.737. The molecular formula is C19H27FN4O2. The zero-order valence-corrected chi connectivity index (χ0v) is 15.1. The van der Waals surface area contributed by atoms with E-state index in [1.54, 1.807) is 6.08 Å². The van der Waals surface area contributed by atoms with E-state index in [1.165, 1.54) is 4.90 Å². The summed E-state index contributed by atoms with van der Waals surface area (Å²) in [6, 6.07) is 1.36. The van der Waals surface area contributed by atoms with Gasteiger partial charge in [0.15, 0.2) is 0 Å². The van der Waals surface area contributed by atoms with Crippen LogP contribution in [0.25, 0.3) is 0 Å². The van der Waals surface area contributed by atoms with Crippen molar-refractivity contribution in [1.29, 1.82) is 5.26 Å². The second-order valence-corrected chi connectivity index (χ2v) is 7.94. The molecule has 3 saturated carbocycles. The molecule has 0 spiro atoms. The molecule has 0 radical (unpaired) electrons. The fourth-order valence-electron chi connectivity index (χ4n) is 4.69. The SMILES string of the molecule is C=CCNC(=O)C12CCC(NCC(=O)N3CC(F)CC3C#N)(CC1)CC2. The lowest BCUT2D eigenvalue weighted by Crippen LogP contribution is -2.60. The molecule has 0 aromatic rings. The third-order valence-corrected chi connectivity index (χ3v) is 6.47. The van der Waals surface area contributed by atoms with Gasteiger partial charge in [0.2, 0.25) is 11.8 Å². The molecule has 1 saturated heterocycles. The number of amides is 2. The van der Waals surface area contributed by atoms with Gasteiger partial charge in [0.25, 0.3) is 0 Å². The Morgan fingerprint density at radius 2 is 1.92 bits per heavy atom. The van der Waals surface area contributed by atoms with Gasteiger partial charge in [0.05, 0.1) is 19.2 Å². The standard InChI is InChI=1S/C19H27FN4O2/c1-2-9-22-17(26)18-3-6-19(7-4-18,8-5-18)23-12-16(25)24-13-14(20)10-15(24)11-21/h2,14-15,23H,1,3-10,12-13H2,(H,22,26). The molecule has 7 heteroatoms. The molecule has 0 aromatic heterocycles. The summed E-state index contributed by atoms with van der Waals surface area (Å²) in [7, 11) is 0. The zero-order chi connectivity index (χ0) is 18.8. The maximum Gasteiger partial charge on any atom is 0.237 e. The van der Waals surface area contributed by atoms with Crippen LogP contribution in [-0.4, -0.2) is 54.1 Å². The highest BCUT2D eigenvalue weighted by atomic mass is 19.1. The van der Waals surface area contributed by atoms with Crippen LogP contribution in [0.3, 0.4) is 0 Å². The number of alkyl halides is 1. The Hall–Kier alpha value is -1.94. The molecule has 26 heavy (non-hydrogen) atoms. The van der Waals surface area contributed by atoms with Gasteiger partial charge in [-0.05, 0) is 38.5 Å². The van der Waals surface area contributed by atoms with Crippen molar-refractivity contribution in [2.24, 2.45) is 5.41 Å². The average molecular weight is 362 g/mol. The minimum absolute atomic E-state index is 0.0122. The molecule has 4 aliphatic rings. The molecule has 1 heterocycles. The maximum absolute atomic E-state index is 13.5. The van der Waals surface area contributed by atoms with E-state index in [2.05, 4.69) is 17.2 Å². The van der Waals surface area contributed by atoms with Crippen molar-refractivity contribution in [3.63, 3.8) is 0 Å². The quantitative estimate of drug-likeness (QED) is 0.700. The van der Waals surface area contributed by atoms with Crippen molar-refractivity contribution in [2.75, 3.05) is 19.6 Å². The summed E-state index contributed by atoms with van der Waals surface area (Å²) in [5.41, 5.74) is -0.397. The normalized spacial score (nSPS) is 35.8. The highest BCUT2D eigenvalue weighted by Gasteiger charge is 2.52. The monoisotopic (exact) mass is 362 g/mol. The van der Waals surface area contributed by atoms with Gasteiger partial charge in [-0.1, -0.05) is 6.08 Å². The van der Waals surface area contributed by atoms with Crippen molar-refractivity contribution in [3.8, 4) is 6.07 Å². The highest BCUT2D eigenvalue weighted by molar-refractivity contribution is 5.83. The van der Waals surface area contributed by atoms with Crippen LogP contribution in [0.5, 0.6) is 0 Å². The Labute approximate surface area is 153 Å². The van der Waals surface area contributed by atoms with Crippen LogP contribution >= 0.6 is 0 Å². The first-order valence-corrected chi connectivity index (χ1v) is 9.41. The van der Waals surface area contributed by atoms with E-state index in [1.807, 2.05) is 6.07 Å². The number of likely N-dealkylation sites (tertiary alicyclic amines) is 1. The van der Waals surface area contributed by atoms with Gasteiger partial charge in [0, 0.05) is 23.9 Å². The minimum Gasteiger partial charge on any atom is -0.352 e. The number of hydrogen-bond donors (Lipinski definition) is 2. The molecular weight excluding hydrogens is 335 g/mol. The van der Waals surface area contributed by atoms with Crippen LogP contribution in [0.1, 0.15) is 44.9 Å². The van der Waals surface area contributed by atoms with Crippen LogP contribution in [0, 0.1) is 16.7 Å². The number of fused-ring (bicyclic) bond motifs is 3. The van der Waals surface area contributed by atoms with E-state index in [9.17, 15) is 14.0 Å². The smallest absolute Gasteiger partial charge is 0.237 e. The zero-order valence-electron chi connectivity index (χ0n) is 15.1. The number of nitrogens with one attached hydrogen (secondary N) is 2. The number of hydrogen-bond acceptors (Lipinski definition) is 4. The lowest BCUT2D eigenvalue weighted by molar-refractivity contribution is -0.139. The summed E-state index contributed by atoms with van der Waals surface area (Å²) < 4.78 is 13.5. The molecule has 6 nitrogen and oxygen atoms in total. The molecule has 2 N–H and O–H groups in total. The second-order valence-electron chi connectivity index (χ2n) is 7.94. The molecule has 142 valence electrons. The molecule has 2 amide bonds. The number of nitriles is 1. The number of rotatable bonds is 6. The van der Waals surface area contributed by atoms with Crippen LogP contribution in [0.15, 0.2) is 12.7 Å². The van der Waals surface area contributed by atoms with Crippen molar-refractivity contribution in [3.05, 3.63) is 12.7 Å². The Bertz CT molecular complexity index is 605. The highest BCUT2D eigenvalue weighted by Crippen LogP contribution is 2.52. The molecule has 2 unspecified atom stereocenters. The molecule has 1 aliphatic heterocycles. The van der Waals surface area contributed by atoms with Gasteiger partial charge in [-0.3, -0.25) is 9.59 Å². The molecule has 0 aromatic carbocycles. The molecule has 4 rings (SSSR count). The first-order chi connectivity index (χ1) is 12.4. The number of nitrogens with zero attached hydrogens (tertiary/aromatic N) is 2. The maximum atomic E-state index is 13.5. The summed E-state index contributed by atoms with van der Waals surface area (Å²) in [5.74, 6) is -0.0955. The first kappa shape index (κ1) is 18.8. The van der Waals surface area contributed by atoms with Gasteiger partial charge in [-0.25, -0.2) is 4.39 Å². The van der Waals surface area contributed by atoms with E-state index >= 15 is 0 Å². The second kappa shape index (κ2) is 7.36. The van der Waals surface area contributed by atoms with E-state index in [4.69, 9.17) is 5.26 Å². The summed E-state index contributed by atoms with van der Waals surface area (Å²) in [6.07, 6.45) is 5.69. The lowest BCUT2D eigenvalue weighted by Gasteiger charge is -2.52. The van der Waals surface area contributed by atoms with E-state index in [0.717, 1.165) is 38.5 Å². The fourth-order valence-corrected chi connectivity index (χ4v) is 4.69. The molecule has 2 atom stereocenters. The molecule has 3 aliphatic carbocycles. The summed E-state index contributed by atoms with van der Waals surface area (Å²) in [4.78, 5) is 26.3. The number of halogens is 1. The first-order valence-electron chi connectivity index (χ1n) is 9.41. The predicted octanol–water partition coefficient (Wildman–Crippen LogP) is 1.43. The summed E-state index contributed by atoms with van der Waals surface area (Å²) in [6.45, 7) is 4.26. The van der Waals surface area contributed by atoms with E-state index in [0.29, 0.717) is 6.54 Å². The molecule has 2 bridgehead atoms. The van der Waals surface area contributed by atoms with Gasteiger partial charge in [0.1, 0.15) is 12.2 Å². The third-order valence-electron chi connectivity index (χ3n) is 6.47. The summed E-state index contributed by atoms with van der Waals surface area (Å²) in [5, 5.41) is 15.4. The summed E-state index contributed by atoms with van der Waals surface area (Å²) >= 11 is 0. The van der Waals surface area contributed by atoms with Crippen LogP contribution in [0.4, 0.5) is 4.39 Å². The Kier molecular flexibility index (Phi) is 5.33. The number of carbonyl (C=O) groups is 2. The Morgan fingerprint density at radius 3 is 2.50 bits per heavy atom. The van der Waals surface area contributed by atoms with Crippen molar-refractivity contribution < 1.29 is 14.0 Å².